The van der Waals surface area contributed by atoms with Crippen LogP contribution in [-0.4, -0.2) is 54.5 Å². The molecule has 1 aliphatic heterocycles. The number of urea groups is 1. The largest absolute Gasteiger partial charge is 0.513 e. The molecule has 0 saturated carbocycles. The second-order valence-corrected chi connectivity index (χ2v) is 7.65. The number of hydrogen-bond acceptors (Lipinski definition) is 6. The molecule has 1 aromatic rings. The van der Waals surface area contributed by atoms with E-state index in [4.69, 9.17) is 14.2 Å². The third-order valence-corrected chi connectivity index (χ3v) is 4.06. The third-order valence-electron chi connectivity index (χ3n) is 4.06. The fraction of sp³-hybridized carbons (Fsp3) is 0.550. The topological polar surface area (TPSA) is 106 Å². The minimum absolute atomic E-state index is 0.0277. The van der Waals surface area contributed by atoms with E-state index in [1.807, 2.05) is 20.8 Å². The van der Waals surface area contributed by atoms with Gasteiger partial charge in [0, 0.05) is 24.8 Å². The predicted octanol–water partition coefficient (Wildman–Crippen LogP) is 3.74. The van der Waals surface area contributed by atoms with Gasteiger partial charge in [0.05, 0.1) is 6.61 Å². The van der Waals surface area contributed by atoms with E-state index in [1.54, 1.807) is 36.1 Å². The average Bonchev–Trinajstić information content (AvgIpc) is 2.62. The molecule has 2 N–H and O–H groups in total. The van der Waals surface area contributed by atoms with Gasteiger partial charge in [-0.25, -0.2) is 14.4 Å². The molecule has 1 aromatic carbocycles. The van der Waals surface area contributed by atoms with Gasteiger partial charge in [-0.05, 0) is 64.8 Å². The zero-order valence-corrected chi connectivity index (χ0v) is 17.3. The highest BCUT2D eigenvalue weighted by atomic mass is 16.7. The maximum atomic E-state index is 12.2. The van der Waals surface area contributed by atoms with Crippen LogP contribution in [0.3, 0.4) is 0 Å². The summed E-state index contributed by atoms with van der Waals surface area (Å²) in [5, 5.41) is 5.64. The Balaban J connectivity index is 1.74. The Hall–Kier alpha value is -2.97. The van der Waals surface area contributed by atoms with Crippen molar-refractivity contribution in [2.75, 3.05) is 25.0 Å². The van der Waals surface area contributed by atoms with Gasteiger partial charge in [0.1, 0.15) is 11.4 Å². The van der Waals surface area contributed by atoms with Gasteiger partial charge in [0.2, 0.25) is 0 Å². The number of ether oxygens (including phenoxy) is 3. The van der Waals surface area contributed by atoms with Gasteiger partial charge in [0.15, 0.2) is 0 Å². The summed E-state index contributed by atoms with van der Waals surface area (Å²) in [6, 6.07) is 6.01. The Morgan fingerprint density at radius 3 is 2.28 bits per heavy atom. The van der Waals surface area contributed by atoms with Crippen LogP contribution in [0.2, 0.25) is 0 Å². The van der Waals surface area contributed by atoms with Crippen molar-refractivity contribution >= 4 is 24.0 Å². The average molecular weight is 407 g/mol. The lowest BCUT2D eigenvalue weighted by molar-refractivity contribution is 0.0201. The molecule has 1 heterocycles. The number of likely N-dealkylation sites (tertiary alicyclic amines) is 1. The van der Waals surface area contributed by atoms with E-state index in [0.29, 0.717) is 37.4 Å². The van der Waals surface area contributed by atoms with Crippen LogP contribution in [0.5, 0.6) is 5.75 Å². The van der Waals surface area contributed by atoms with Gasteiger partial charge >= 0.3 is 18.3 Å². The molecule has 9 nitrogen and oxygen atoms in total. The lowest BCUT2D eigenvalue weighted by Crippen LogP contribution is -2.48. The summed E-state index contributed by atoms with van der Waals surface area (Å²) in [6.07, 6.45) is 0.201. The number of rotatable bonds is 4. The van der Waals surface area contributed by atoms with Crippen molar-refractivity contribution in [3.8, 4) is 5.75 Å². The molecule has 29 heavy (non-hydrogen) atoms. The molecule has 0 aromatic heterocycles. The van der Waals surface area contributed by atoms with Gasteiger partial charge < -0.3 is 29.7 Å². The summed E-state index contributed by atoms with van der Waals surface area (Å²) >= 11 is 0. The number of piperidine rings is 1. The molecule has 0 bridgehead atoms. The maximum absolute atomic E-state index is 12.2. The molecule has 160 valence electrons. The summed E-state index contributed by atoms with van der Waals surface area (Å²) in [4.78, 5) is 37.2. The number of hydrogen-bond donors (Lipinski definition) is 2. The molecule has 2 rings (SSSR count). The molecule has 0 unspecified atom stereocenters. The first kappa shape index (κ1) is 22.3. The lowest BCUT2D eigenvalue weighted by Gasteiger charge is -2.33. The molecular weight excluding hydrogens is 378 g/mol. The highest BCUT2D eigenvalue weighted by molar-refractivity contribution is 5.89. The molecule has 0 aliphatic carbocycles. The molecule has 0 radical (unpaired) electrons. The van der Waals surface area contributed by atoms with E-state index in [9.17, 15) is 14.4 Å². The zero-order valence-electron chi connectivity index (χ0n) is 17.3. The lowest BCUT2D eigenvalue weighted by atomic mass is 10.1. The van der Waals surface area contributed by atoms with Crippen LogP contribution < -0.4 is 15.4 Å². The van der Waals surface area contributed by atoms with Gasteiger partial charge in [-0.1, -0.05) is 0 Å². The first-order valence-corrected chi connectivity index (χ1v) is 9.66. The zero-order chi connectivity index (χ0) is 21.4. The van der Waals surface area contributed by atoms with E-state index >= 15 is 0 Å². The molecule has 0 spiro atoms. The summed E-state index contributed by atoms with van der Waals surface area (Å²) < 4.78 is 15.0. The van der Waals surface area contributed by atoms with Crippen LogP contribution in [0.15, 0.2) is 24.3 Å². The summed E-state index contributed by atoms with van der Waals surface area (Å²) in [5.41, 5.74) is 0.0353. The molecule has 1 aliphatic rings. The van der Waals surface area contributed by atoms with Gasteiger partial charge in [-0.3, -0.25) is 0 Å². The van der Waals surface area contributed by atoms with E-state index in [1.165, 1.54) is 0 Å². The standard InChI is InChI=1S/C20H29N3O6/c1-5-27-19(26)28-16-8-6-14(7-9-16)21-17(24)22-15-10-12-23(13-11-15)18(25)29-20(2,3)4/h6-9,15H,5,10-13H2,1-4H3,(H2,21,22,24). The number of carbonyl (C=O) groups excluding carboxylic acids is 3. The fourth-order valence-electron chi connectivity index (χ4n) is 2.74. The summed E-state index contributed by atoms with van der Waals surface area (Å²) in [7, 11) is 0. The van der Waals surface area contributed by atoms with Crippen LogP contribution in [0.25, 0.3) is 0 Å². The van der Waals surface area contributed by atoms with E-state index in [2.05, 4.69) is 10.6 Å². The Morgan fingerprint density at radius 2 is 1.72 bits per heavy atom. The van der Waals surface area contributed by atoms with Crippen LogP contribution >= 0.6 is 0 Å². The van der Waals surface area contributed by atoms with Gasteiger partial charge in [0.25, 0.3) is 0 Å². The van der Waals surface area contributed by atoms with E-state index in [0.717, 1.165) is 0 Å². The molecule has 1 saturated heterocycles. The predicted molar refractivity (Wildman–Crippen MR) is 107 cm³/mol. The monoisotopic (exact) mass is 407 g/mol. The summed E-state index contributed by atoms with van der Waals surface area (Å²) in [6.45, 7) is 8.47. The van der Waals surface area contributed by atoms with Crippen molar-refractivity contribution in [1.82, 2.24) is 10.2 Å². The first-order valence-electron chi connectivity index (χ1n) is 9.66. The van der Waals surface area contributed by atoms with E-state index in [-0.39, 0.29) is 24.8 Å². The molecule has 1 fully saturated rings. The SMILES string of the molecule is CCOC(=O)Oc1ccc(NC(=O)NC2CCN(C(=O)OC(C)(C)C)CC2)cc1. The van der Waals surface area contributed by atoms with Crippen molar-refractivity contribution in [1.29, 1.82) is 0 Å². The number of nitrogens with zero attached hydrogens (tertiary/aromatic N) is 1. The van der Waals surface area contributed by atoms with Crippen molar-refractivity contribution in [3.05, 3.63) is 24.3 Å². The molecule has 3 amide bonds. The number of carbonyl (C=O) groups is 3. The van der Waals surface area contributed by atoms with Crippen LogP contribution in [0.4, 0.5) is 20.1 Å². The highest BCUT2D eigenvalue weighted by Gasteiger charge is 2.27. The Kier molecular flexibility index (Phi) is 7.69. The Morgan fingerprint density at radius 1 is 1.10 bits per heavy atom. The minimum atomic E-state index is -0.774. The first-order chi connectivity index (χ1) is 13.7. The number of amides is 3. The van der Waals surface area contributed by atoms with Crippen molar-refractivity contribution in [2.24, 2.45) is 0 Å². The molecular formula is C20H29N3O6. The second-order valence-electron chi connectivity index (χ2n) is 7.65. The highest BCUT2D eigenvalue weighted by Crippen LogP contribution is 2.18. The Labute approximate surface area is 170 Å². The Bertz CT molecular complexity index is 706. The van der Waals surface area contributed by atoms with E-state index < -0.39 is 11.8 Å². The second kappa shape index (κ2) is 9.99. The van der Waals surface area contributed by atoms with Crippen LogP contribution in [0, 0.1) is 0 Å². The van der Waals surface area contributed by atoms with Gasteiger partial charge in [-0.2, -0.15) is 0 Å². The molecule has 0 atom stereocenters. The van der Waals surface area contributed by atoms with Crippen LogP contribution in [-0.2, 0) is 9.47 Å². The van der Waals surface area contributed by atoms with Crippen LogP contribution in [0.1, 0.15) is 40.5 Å². The smallest absolute Gasteiger partial charge is 0.444 e. The molecule has 9 heteroatoms. The van der Waals surface area contributed by atoms with Crippen molar-refractivity contribution < 1.29 is 28.6 Å². The third kappa shape index (κ3) is 7.89. The van der Waals surface area contributed by atoms with Gasteiger partial charge in [-0.15, -0.1) is 0 Å². The van der Waals surface area contributed by atoms with Crippen molar-refractivity contribution in [3.63, 3.8) is 0 Å². The minimum Gasteiger partial charge on any atom is -0.444 e. The quantitative estimate of drug-likeness (QED) is 0.582. The number of nitrogens with one attached hydrogen (secondary N) is 2. The number of anilines is 1. The normalized spacial score (nSPS) is 14.7. The summed E-state index contributed by atoms with van der Waals surface area (Å²) in [5.74, 6) is 0.323. The van der Waals surface area contributed by atoms with Crippen molar-refractivity contribution in [2.45, 2.75) is 52.2 Å². The maximum Gasteiger partial charge on any atom is 0.513 e. The fourth-order valence-corrected chi connectivity index (χ4v) is 2.74. The number of benzene rings is 1.